The third-order valence-electron chi connectivity index (χ3n) is 3.42. The van der Waals surface area contributed by atoms with E-state index in [1.54, 1.807) is 0 Å². The summed E-state index contributed by atoms with van der Waals surface area (Å²) in [6, 6.07) is 0.0246. The second-order valence-corrected chi connectivity index (χ2v) is 4.76. The van der Waals surface area contributed by atoms with Gasteiger partial charge in [0.15, 0.2) is 0 Å². The topological polar surface area (TPSA) is 72.6 Å². The summed E-state index contributed by atoms with van der Waals surface area (Å²) in [7, 11) is 1.39. The van der Waals surface area contributed by atoms with Crippen molar-refractivity contribution in [3.8, 4) is 0 Å². The van der Waals surface area contributed by atoms with Gasteiger partial charge in [-0.3, -0.25) is 9.59 Å². The van der Waals surface area contributed by atoms with Crippen LogP contribution in [0.3, 0.4) is 0 Å². The highest BCUT2D eigenvalue weighted by molar-refractivity contribution is 5.78. The molecule has 0 radical (unpaired) electrons. The number of carbonyl (C=O) groups is 2. The lowest BCUT2D eigenvalue weighted by Gasteiger charge is -2.35. The number of rotatable bonds is 6. The SMILES string of the molecule is COC(=O)CC1CCCCN1C(=O)CCCCN. The van der Waals surface area contributed by atoms with Crippen LogP contribution in [0.1, 0.15) is 44.9 Å². The van der Waals surface area contributed by atoms with Crippen LogP contribution in [0.4, 0.5) is 0 Å². The molecule has 1 saturated heterocycles. The summed E-state index contributed by atoms with van der Waals surface area (Å²) in [4.78, 5) is 25.3. The number of unbranched alkanes of at least 4 members (excludes halogenated alkanes) is 1. The summed E-state index contributed by atoms with van der Waals surface area (Å²) in [5.41, 5.74) is 5.42. The number of esters is 1. The molecular weight excluding hydrogens is 232 g/mol. The van der Waals surface area contributed by atoms with Crippen LogP contribution in [-0.4, -0.2) is 43.0 Å². The normalized spacial score (nSPS) is 19.7. The zero-order valence-corrected chi connectivity index (χ0v) is 11.2. The van der Waals surface area contributed by atoms with E-state index in [0.29, 0.717) is 19.4 Å². The van der Waals surface area contributed by atoms with Gasteiger partial charge in [-0.1, -0.05) is 0 Å². The Labute approximate surface area is 109 Å². The number of nitrogens with zero attached hydrogens (tertiary/aromatic N) is 1. The van der Waals surface area contributed by atoms with Crippen molar-refractivity contribution in [3.05, 3.63) is 0 Å². The number of carbonyl (C=O) groups excluding carboxylic acids is 2. The minimum absolute atomic E-state index is 0.0246. The lowest BCUT2D eigenvalue weighted by molar-refractivity contribution is -0.144. The van der Waals surface area contributed by atoms with Gasteiger partial charge >= 0.3 is 5.97 Å². The predicted octanol–water partition coefficient (Wildman–Crippen LogP) is 1.06. The molecule has 1 aliphatic rings. The number of amides is 1. The van der Waals surface area contributed by atoms with E-state index in [1.165, 1.54) is 7.11 Å². The highest BCUT2D eigenvalue weighted by Gasteiger charge is 2.28. The average Bonchev–Trinajstić information content (AvgIpc) is 2.39. The molecule has 5 nitrogen and oxygen atoms in total. The van der Waals surface area contributed by atoms with E-state index in [2.05, 4.69) is 4.74 Å². The van der Waals surface area contributed by atoms with Crippen LogP contribution < -0.4 is 5.73 Å². The minimum Gasteiger partial charge on any atom is -0.469 e. The molecule has 0 aliphatic carbocycles. The predicted molar refractivity (Wildman–Crippen MR) is 68.9 cm³/mol. The number of likely N-dealkylation sites (tertiary alicyclic amines) is 1. The van der Waals surface area contributed by atoms with Gasteiger partial charge < -0.3 is 15.4 Å². The van der Waals surface area contributed by atoms with Gasteiger partial charge in [0.2, 0.25) is 5.91 Å². The molecule has 0 bridgehead atoms. The maximum absolute atomic E-state index is 12.1. The first kappa shape index (κ1) is 15.0. The quantitative estimate of drug-likeness (QED) is 0.569. The Morgan fingerprint density at radius 1 is 1.33 bits per heavy atom. The molecule has 1 unspecified atom stereocenters. The minimum atomic E-state index is -0.235. The molecule has 1 fully saturated rings. The van der Waals surface area contributed by atoms with Crippen molar-refractivity contribution in [2.45, 2.75) is 51.0 Å². The second kappa shape index (κ2) is 8.08. The molecule has 0 aromatic carbocycles. The van der Waals surface area contributed by atoms with Gasteiger partial charge in [0.1, 0.15) is 0 Å². The van der Waals surface area contributed by atoms with E-state index in [0.717, 1.165) is 38.6 Å². The molecule has 5 heteroatoms. The Balaban J connectivity index is 2.47. The van der Waals surface area contributed by atoms with Crippen LogP contribution in [0.25, 0.3) is 0 Å². The zero-order valence-electron chi connectivity index (χ0n) is 11.2. The molecule has 1 rings (SSSR count). The van der Waals surface area contributed by atoms with Gasteiger partial charge in [-0.15, -0.1) is 0 Å². The molecule has 0 spiro atoms. The van der Waals surface area contributed by atoms with E-state index >= 15 is 0 Å². The van der Waals surface area contributed by atoms with Crippen molar-refractivity contribution in [3.63, 3.8) is 0 Å². The molecular formula is C13H24N2O3. The van der Waals surface area contributed by atoms with Crippen molar-refractivity contribution in [2.24, 2.45) is 5.73 Å². The second-order valence-electron chi connectivity index (χ2n) is 4.76. The van der Waals surface area contributed by atoms with Gasteiger partial charge in [0, 0.05) is 19.0 Å². The summed E-state index contributed by atoms with van der Waals surface area (Å²) in [5, 5.41) is 0. The highest BCUT2D eigenvalue weighted by atomic mass is 16.5. The van der Waals surface area contributed by atoms with Gasteiger partial charge in [0.05, 0.1) is 13.5 Å². The fourth-order valence-electron chi connectivity index (χ4n) is 2.38. The molecule has 1 aliphatic heterocycles. The van der Waals surface area contributed by atoms with Gasteiger partial charge in [0.25, 0.3) is 0 Å². The first-order valence-corrected chi connectivity index (χ1v) is 6.75. The number of ether oxygens (including phenoxy) is 1. The Hall–Kier alpha value is -1.10. The molecule has 1 heterocycles. The number of hydrogen-bond donors (Lipinski definition) is 1. The summed E-state index contributed by atoms with van der Waals surface area (Å²) < 4.78 is 4.69. The summed E-state index contributed by atoms with van der Waals surface area (Å²) in [6.07, 6.45) is 5.57. The smallest absolute Gasteiger partial charge is 0.307 e. The Kier molecular flexibility index (Phi) is 6.72. The molecule has 2 N–H and O–H groups in total. The van der Waals surface area contributed by atoms with E-state index in [-0.39, 0.29) is 17.9 Å². The van der Waals surface area contributed by atoms with Crippen molar-refractivity contribution in [2.75, 3.05) is 20.2 Å². The standard InChI is InChI=1S/C13H24N2O3/c1-18-13(17)10-11-6-3-5-9-15(11)12(16)7-2-4-8-14/h11H,2-10,14H2,1H3. The number of piperidine rings is 1. The molecule has 0 aromatic rings. The van der Waals surface area contributed by atoms with Crippen LogP contribution in [0, 0.1) is 0 Å². The monoisotopic (exact) mass is 256 g/mol. The Bertz CT molecular complexity index is 281. The lowest BCUT2D eigenvalue weighted by atomic mass is 9.98. The van der Waals surface area contributed by atoms with Crippen molar-refractivity contribution >= 4 is 11.9 Å². The van der Waals surface area contributed by atoms with Gasteiger partial charge in [-0.05, 0) is 38.6 Å². The molecule has 104 valence electrons. The third-order valence-corrected chi connectivity index (χ3v) is 3.42. The molecule has 1 atom stereocenters. The molecule has 0 aromatic heterocycles. The maximum atomic E-state index is 12.1. The van der Waals surface area contributed by atoms with Crippen LogP contribution in [-0.2, 0) is 14.3 Å². The van der Waals surface area contributed by atoms with E-state index < -0.39 is 0 Å². The van der Waals surface area contributed by atoms with Crippen LogP contribution >= 0.6 is 0 Å². The Morgan fingerprint density at radius 2 is 2.11 bits per heavy atom. The molecule has 0 saturated carbocycles. The van der Waals surface area contributed by atoms with Gasteiger partial charge in [-0.2, -0.15) is 0 Å². The summed E-state index contributed by atoms with van der Waals surface area (Å²) >= 11 is 0. The molecule has 18 heavy (non-hydrogen) atoms. The van der Waals surface area contributed by atoms with Crippen molar-refractivity contribution < 1.29 is 14.3 Å². The first-order chi connectivity index (χ1) is 8.69. The van der Waals surface area contributed by atoms with E-state index in [9.17, 15) is 9.59 Å². The van der Waals surface area contributed by atoms with Crippen LogP contribution in [0.15, 0.2) is 0 Å². The zero-order chi connectivity index (χ0) is 13.4. The maximum Gasteiger partial charge on any atom is 0.307 e. The van der Waals surface area contributed by atoms with Crippen LogP contribution in [0.5, 0.6) is 0 Å². The fraction of sp³-hybridized carbons (Fsp3) is 0.846. The molecule has 1 amide bonds. The summed E-state index contributed by atoms with van der Waals surface area (Å²) in [5.74, 6) is -0.0845. The number of nitrogens with two attached hydrogens (primary N) is 1. The fourth-order valence-corrected chi connectivity index (χ4v) is 2.38. The van der Waals surface area contributed by atoms with Crippen molar-refractivity contribution in [1.82, 2.24) is 4.90 Å². The van der Waals surface area contributed by atoms with E-state index in [4.69, 9.17) is 5.73 Å². The highest BCUT2D eigenvalue weighted by Crippen LogP contribution is 2.21. The lowest BCUT2D eigenvalue weighted by Crippen LogP contribution is -2.44. The Morgan fingerprint density at radius 3 is 2.78 bits per heavy atom. The van der Waals surface area contributed by atoms with E-state index in [1.807, 2.05) is 4.90 Å². The average molecular weight is 256 g/mol. The number of methoxy groups -OCH3 is 1. The van der Waals surface area contributed by atoms with Crippen molar-refractivity contribution in [1.29, 1.82) is 0 Å². The van der Waals surface area contributed by atoms with Crippen LogP contribution in [0.2, 0.25) is 0 Å². The largest absolute Gasteiger partial charge is 0.469 e. The first-order valence-electron chi connectivity index (χ1n) is 6.75. The third kappa shape index (κ3) is 4.64. The summed E-state index contributed by atoms with van der Waals surface area (Å²) in [6.45, 7) is 1.39. The van der Waals surface area contributed by atoms with Gasteiger partial charge in [-0.25, -0.2) is 0 Å². The number of hydrogen-bond acceptors (Lipinski definition) is 4.